The van der Waals surface area contributed by atoms with Gasteiger partial charge in [-0.15, -0.1) is 0 Å². The second-order valence-corrected chi connectivity index (χ2v) is 6.63. The summed E-state index contributed by atoms with van der Waals surface area (Å²) < 4.78 is 5.34. The van der Waals surface area contributed by atoms with Gasteiger partial charge >= 0.3 is 0 Å². The normalized spacial score (nSPS) is 17.0. The molecule has 0 radical (unpaired) electrons. The van der Waals surface area contributed by atoms with Gasteiger partial charge in [0.2, 0.25) is 5.91 Å². The summed E-state index contributed by atoms with van der Waals surface area (Å²) in [5, 5.41) is 13.0. The van der Waals surface area contributed by atoms with Crippen LogP contribution in [0.15, 0.2) is 24.3 Å². The minimum atomic E-state index is -0.684. The first-order chi connectivity index (χ1) is 9.86. The number of aliphatic hydroxyl groups is 1. The zero-order valence-electron chi connectivity index (χ0n) is 13.1. The fraction of sp³-hybridized carbons (Fsp3) is 0.588. The Morgan fingerprint density at radius 2 is 2.05 bits per heavy atom. The van der Waals surface area contributed by atoms with Crippen LogP contribution in [0.4, 0.5) is 0 Å². The van der Waals surface area contributed by atoms with E-state index in [-0.39, 0.29) is 5.91 Å². The summed E-state index contributed by atoms with van der Waals surface area (Å²) in [4.78, 5) is 12.4. The van der Waals surface area contributed by atoms with Gasteiger partial charge in [-0.2, -0.15) is 0 Å². The summed E-state index contributed by atoms with van der Waals surface area (Å²) in [6.45, 7) is 4.18. The van der Waals surface area contributed by atoms with Crippen molar-refractivity contribution in [3.05, 3.63) is 29.8 Å². The van der Waals surface area contributed by atoms with Crippen LogP contribution >= 0.6 is 0 Å². The number of carbonyl (C=O) groups is 1. The molecule has 2 N–H and O–H groups in total. The Kier molecular flexibility index (Phi) is 4.57. The fourth-order valence-electron chi connectivity index (χ4n) is 2.65. The second kappa shape index (κ2) is 6.06. The van der Waals surface area contributed by atoms with E-state index in [1.807, 2.05) is 38.1 Å². The number of methoxy groups -OCH3 is 1. The molecule has 4 nitrogen and oxygen atoms in total. The van der Waals surface area contributed by atoms with Crippen LogP contribution in [0.3, 0.4) is 0 Å². The van der Waals surface area contributed by atoms with E-state index in [9.17, 15) is 9.90 Å². The molecular weight excluding hydrogens is 266 g/mol. The molecule has 1 fully saturated rings. The molecule has 4 heteroatoms. The molecule has 1 aromatic rings. The maximum Gasteiger partial charge on any atom is 0.226 e. The van der Waals surface area contributed by atoms with Crippen molar-refractivity contribution in [3.63, 3.8) is 0 Å². The van der Waals surface area contributed by atoms with Crippen molar-refractivity contribution in [2.75, 3.05) is 13.7 Å². The van der Waals surface area contributed by atoms with Crippen LogP contribution in [0.1, 0.15) is 38.7 Å². The maximum absolute atomic E-state index is 12.4. The van der Waals surface area contributed by atoms with E-state index in [4.69, 9.17) is 4.74 Å². The number of nitrogens with one attached hydrogen (secondary N) is 1. The predicted octanol–water partition coefficient (Wildman–Crippen LogP) is 2.30. The summed E-state index contributed by atoms with van der Waals surface area (Å²) >= 11 is 0. The molecule has 1 saturated carbocycles. The summed E-state index contributed by atoms with van der Waals surface area (Å²) in [6.07, 6.45) is 3.19. The van der Waals surface area contributed by atoms with Gasteiger partial charge in [0.05, 0.1) is 12.7 Å². The Morgan fingerprint density at radius 3 is 2.62 bits per heavy atom. The average Bonchev–Trinajstić information content (AvgIpc) is 2.42. The molecule has 0 heterocycles. The van der Waals surface area contributed by atoms with Crippen molar-refractivity contribution in [2.24, 2.45) is 5.41 Å². The van der Waals surface area contributed by atoms with Crippen LogP contribution in [0.2, 0.25) is 0 Å². The highest BCUT2D eigenvalue weighted by Crippen LogP contribution is 2.32. The van der Waals surface area contributed by atoms with Crippen LogP contribution in [0.25, 0.3) is 0 Å². The number of amides is 1. The molecule has 0 unspecified atom stereocenters. The van der Waals surface area contributed by atoms with Gasteiger partial charge in [0.15, 0.2) is 0 Å². The van der Waals surface area contributed by atoms with E-state index < -0.39 is 11.0 Å². The molecule has 0 saturated heterocycles. The minimum Gasteiger partial charge on any atom is -0.496 e. The van der Waals surface area contributed by atoms with Crippen molar-refractivity contribution in [3.8, 4) is 5.75 Å². The Labute approximate surface area is 126 Å². The first kappa shape index (κ1) is 15.8. The lowest BCUT2D eigenvalue weighted by Crippen LogP contribution is -2.50. The maximum atomic E-state index is 12.4. The van der Waals surface area contributed by atoms with E-state index in [1.165, 1.54) is 0 Å². The van der Waals surface area contributed by atoms with Gasteiger partial charge in [-0.05, 0) is 37.3 Å². The molecular formula is C17H25NO3. The van der Waals surface area contributed by atoms with E-state index >= 15 is 0 Å². The van der Waals surface area contributed by atoms with Crippen molar-refractivity contribution >= 4 is 5.91 Å². The third-order valence-electron chi connectivity index (χ3n) is 4.30. The standard InChI is InChI=1S/C17H25NO3/c1-16(2,11-13-7-4-5-8-14(13)21-3)15(19)18-12-17(20)9-6-10-17/h4-5,7-8,20H,6,9-12H2,1-3H3,(H,18,19). The zero-order chi connectivity index (χ0) is 15.5. The number of hydrogen-bond acceptors (Lipinski definition) is 3. The van der Waals surface area contributed by atoms with Crippen LogP contribution in [0, 0.1) is 5.41 Å². The summed E-state index contributed by atoms with van der Waals surface area (Å²) in [5.41, 5.74) is -0.215. The van der Waals surface area contributed by atoms with Crippen LogP contribution in [-0.2, 0) is 11.2 Å². The summed E-state index contributed by atoms with van der Waals surface area (Å²) in [7, 11) is 1.64. The number of benzene rings is 1. The average molecular weight is 291 g/mol. The van der Waals surface area contributed by atoms with Crippen molar-refractivity contribution in [1.82, 2.24) is 5.32 Å². The van der Waals surface area contributed by atoms with Gasteiger partial charge in [-0.25, -0.2) is 0 Å². The molecule has 1 aliphatic carbocycles. The smallest absolute Gasteiger partial charge is 0.226 e. The van der Waals surface area contributed by atoms with Crippen molar-refractivity contribution < 1.29 is 14.6 Å². The van der Waals surface area contributed by atoms with E-state index in [1.54, 1.807) is 7.11 Å². The fourth-order valence-corrected chi connectivity index (χ4v) is 2.65. The number of rotatable bonds is 6. The lowest BCUT2D eigenvalue weighted by molar-refractivity contribution is -0.131. The highest BCUT2D eigenvalue weighted by Gasteiger charge is 2.36. The van der Waals surface area contributed by atoms with Crippen molar-refractivity contribution in [1.29, 1.82) is 0 Å². The van der Waals surface area contributed by atoms with Gasteiger partial charge in [0.25, 0.3) is 0 Å². The minimum absolute atomic E-state index is 0.0336. The zero-order valence-corrected chi connectivity index (χ0v) is 13.1. The quantitative estimate of drug-likeness (QED) is 0.845. The molecule has 1 aliphatic rings. The topological polar surface area (TPSA) is 58.6 Å². The molecule has 1 amide bonds. The van der Waals surface area contributed by atoms with Crippen LogP contribution in [-0.4, -0.2) is 30.3 Å². The SMILES string of the molecule is COc1ccccc1CC(C)(C)C(=O)NCC1(O)CCC1. The van der Waals surface area contributed by atoms with Gasteiger partial charge in [0.1, 0.15) is 5.75 Å². The molecule has 116 valence electrons. The highest BCUT2D eigenvalue weighted by atomic mass is 16.5. The summed E-state index contributed by atoms with van der Waals surface area (Å²) in [6, 6.07) is 7.75. The molecule has 0 spiro atoms. The van der Waals surface area contributed by atoms with E-state index in [2.05, 4.69) is 5.32 Å². The Balaban J connectivity index is 1.98. The number of carbonyl (C=O) groups excluding carboxylic acids is 1. The molecule has 2 rings (SSSR count). The largest absolute Gasteiger partial charge is 0.496 e. The van der Waals surface area contributed by atoms with Gasteiger partial charge < -0.3 is 15.2 Å². The third kappa shape index (κ3) is 3.76. The van der Waals surface area contributed by atoms with E-state index in [0.717, 1.165) is 30.6 Å². The van der Waals surface area contributed by atoms with Crippen LogP contribution < -0.4 is 10.1 Å². The molecule has 0 bridgehead atoms. The second-order valence-electron chi connectivity index (χ2n) is 6.63. The Hall–Kier alpha value is -1.55. The third-order valence-corrected chi connectivity index (χ3v) is 4.30. The van der Waals surface area contributed by atoms with Crippen LogP contribution in [0.5, 0.6) is 5.75 Å². The molecule has 0 aliphatic heterocycles. The lowest BCUT2D eigenvalue weighted by atomic mass is 9.79. The lowest BCUT2D eigenvalue weighted by Gasteiger charge is -2.37. The number of ether oxygens (including phenoxy) is 1. The summed E-state index contributed by atoms with van der Waals surface area (Å²) in [5.74, 6) is 0.768. The molecule has 1 aromatic carbocycles. The van der Waals surface area contributed by atoms with Gasteiger partial charge in [-0.1, -0.05) is 32.0 Å². The van der Waals surface area contributed by atoms with Gasteiger partial charge in [0, 0.05) is 12.0 Å². The predicted molar refractivity (Wildman–Crippen MR) is 82.3 cm³/mol. The number of para-hydroxylation sites is 1. The van der Waals surface area contributed by atoms with Gasteiger partial charge in [-0.3, -0.25) is 4.79 Å². The highest BCUT2D eigenvalue weighted by molar-refractivity contribution is 5.82. The number of hydrogen-bond donors (Lipinski definition) is 2. The van der Waals surface area contributed by atoms with Crippen molar-refractivity contribution in [2.45, 2.75) is 45.1 Å². The monoisotopic (exact) mass is 291 g/mol. The molecule has 0 atom stereocenters. The molecule has 21 heavy (non-hydrogen) atoms. The Bertz CT molecular complexity index is 507. The first-order valence-electron chi connectivity index (χ1n) is 7.49. The molecule has 0 aromatic heterocycles. The Morgan fingerprint density at radius 1 is 1.38 bits per heavy atom. The van der Waals surface area contributed by atoms with E-state index in [0.29, 0.717) is 13.0 Å². The first-order valence-corrected chi connectivity index (χ1v) is 7.49.